The van der Waals surface area contributed by atoms with Crippen LogP contribution < -0.4 is 11.1 Å². The number of nitrogens with zero attached hydrogens (tertiary/aromatic N) is 1. The molecule has 106 valence electrons. The van der Waals surface area contributed by atoms with Gasteiger partial charge in [0.05, 0.1) is 10.4 Å². The van der Waals surface area contributed by atoms with Gasteiger partial charge in [-0.3, -0.25) is 9.78 Å². The predicted octanol–water partition coefficient (Wildman–Crippen LogP) is 3.19. The molecule has 5 heteroatoms. The maximum Gasteiger partial charge on any atom is 0.263 e. The van der Waals surface area contributed by atoms with Crippen LogP contribution in [0.3, 0.4) is 0 Å². The van der Waals surface area contributed by atoms with Crippen LogP contribution in [0.4, 0.5) is 5.69 Å². The van der Waals surface area contributed by atoms with Crippen LogP contribution in [0.5, 0.6) is 0 Å². The Hall–Kier alpha value is -1.62. The molecular formula is C15H19N3OS. The first-order valence-electron chi connectivity index (χ1n) is 7.06. The summed E-state index contributed by atoms with van der Waals surface area (Å²) in [7, 11) is 0. The Bertz CT molecular complexity index is 646. The number of nitrogens with one attached hydrogen (secondary N) is 1. The van der Waals surface area contributed by atoms with E-state index in [1.54, 1.807) is 6.20 Å². The highest BCUT2D eigenvalue weighted by Gasteiger charge is 2.41. The summed E-state index contributed by atoms with van der Waals surface area (Å²) in [6.45, 7) is 2.96. The van der Waals surface area contributed by atoms with Crippen molar-refractivity contribution in [2.75, 3.05) is 12.3 Å². The van der Waals surface area contributed by atoms with E-state index in [0.717, 1.165) is 16.8 Å². The van der Waals surface area contributed by atoms with Crippen LogP contribution in [0.15, 0.2) is 18.3 Å². The summed E-state index contributed by atoms with van der Waals surface area (Å²) in [5.41, 5.74) is 7.63. The third-order valence-corrected chi connectivity index (χ3v) is 5.21. The van der Waals surface area contributed by atoms with Crippen molar-refractivity contribution >= 4 is 33.1 Å². The molecule has 0 radical (unpaired) electrons. The van der Waals surface area contributed by atoms with Crippen LogP contribution in [-0.4, -0.2) is 17.4 Å². The van der Waals surface area contributed by atoms with E-state index < -0.39 is 0 Å². The summed E-state index contributed by atoms with van der Waals surface area (Å²) >= 11 is 1.42. The maximum absolute atomic E-state index is 12.3. The fraction of sp³-hybridized carbons (Fsp3) is 0.467. The molecule has 0 unspecified atom stereocenters. The van der Waals surface area contributed by atoms with Gasteiger partial charge < -0.3 is 11.1 Å². The fourth-order valence-electron chi connectivity index (χ4n) is 2.69. The lowest BCUT2D eigenvalue weighted by molar-refractivity contribution is 0.0948. The molecule has 0 saturated heterocycles. The van der Waals surface area contributed by atoms with Gasteiger partial charge in [0.15, 0.2) is 0 Å². The number of hydrogen-bond donors (Lipinski definition) is 2. The third kappa shape index (κ3) is 2.38. The monoisotopic (exact) mass is 289 g/mol. The topological polar surface area (TPSA) is 68.0 Å². The minimum atomic E-state index is -0.0621. The van der Waals surface area contributed by atoms with Gasteiger partial charge in [0, 0.05) is 12.7 Å². The van der Waals surface area contributed by atoms with E-state index in [1.165, 1.54) is 37.0 Å². The third-order valence-electron chi connectivity index (χ3n) is 4.05. The number of aromatic nitrogens is 1. The molecule has 4 nitrogen and oxygen atoms in total. The largest absolute Gasteiger partial charge is 0.396 e. The average molecular weight is 289 g/mol. The molecule has 0 aromatic carbocycles. The quantitative estimate of drug-likeness (QED) is 0.888. The second-order valence-corrected chi connectivity index (χ2v) is 6.68. The van der Waals surface area contributed by atoms with Gasteiger partial charge in [0.25, 0.3) is 5.91 Å². The van der Waals surface area contributed by atoms with Gasteiger partial charge in [0.2, 0.25) is 0 Å². The van der Waals surface area contributed by atoms with Gasteiger partial charge in [-0.1, -0.05) is 13.3 Å². The smallest absolute Gasteiger partial charge is 0.263 e. The van der Waals surface area contributed by atoms with E-state index in [9.17, 15) is 4.79 Å². The molecule has 1 saturated carbocycles. The summed E-state index contributed by atoms with van der Waals surface area (Å²) in [6, 6.07) is 3.81. The number of thiophene rings is 1. The molecule has 0 bridgehead atoms. The number of fused-ring (bicyclic) bond motifs is 1. The van der Waals surface area contributed by atoms with Crippen molar-refractivity contribution in [1.82, 2.24) is 10.3 Å². The highest BCUT2D eigenvalue weighted by Crippen LogP contribution is 2.49. The fourth-order valence-corrected chi connectivity index (χ4v) is 3.68. The number of anilines is 1. The van der Waals surface area contributed by atoms with Crippen LogP contribution >= 0.6 is 11.3 Å². The lowest BCUT2D eigenvalue weighted by atomic mass is 10.0. The first-order chi connectivity index (χ1) is 9.65. The number of amides is 1. The molecule has 3 rings (SSSR count). The average Bonchev–Trinajstić information content (AvgIpc) is 3.14. The number of rotatable bonds is 5. The number of nitrogens with two attached hydrogens (primary N) is 1. The van der Waals surface area contributed by atoms with Crippen molar-refractivity contribution < 1.29 is 4.79 Å². The molecule has 1 aliphatic rings. The minimum absolute atomic E-state index is 0.0621. The zero-order valence-electron chi connectivity index (χ0n) is 11.6. The minimum Gasteiger partial charge on any atom is -0.396 e. The summed E-state index contributed by atoms with van der Waals surface area (Å²) in [6.07, 6.45) is 6.52. The summed E-state index contributed by atoms with van der Waals surface area (Å²) in [4.78, 5) is 17.1. The standard InChI is InChI=1S/C15H19N3OS/c1-2-5-15(6-7-15)9-18-14(19)13-11(16)12-10(20-13)4-3-8-17-12/h3-4,8H,2,5-7,9,16H2,1H3,(H,18,19). The molecule has 2 aromatic rings. The predicted molar refractivity (Wildman–Crippen MR) is 82.9 cm³/mol. The second kappa shape index (κ2) is 5.05. The first-order valence-corrected chi connectivity index (χ1v) is 7.88. The van der Waals surface area contributed by atoms with E-state index >= 15 is 0 Å². The van der Waals surface area contributed by atoms with Crippen molar-refractivity contribution in [2.24, 2.45) is 5.41 Å². The van der Waals surface area contributed by atoms with Crippen LogP contribution in [0.1, 0.15) is 42.3 Å². The normalized spacial score (nSPS) is 16.2. The molecule has 0 spiro atoms. The molecule has 1 fully saturated rings. The van der Waals surface area contributed by atoms with E-state index in [0.29, 0.717) is 16.0 Å². The molecule has 0 atom stereocenters. The van der Waals surface area contributed by atoms with Gasteiger partial charge in [-0.25, -0.2) is 0 Å². The van der Waals surface area contributed by atoms with Crippen molar-refractivity contribution in [3.8, 4) is 0 Å². The van der Waals surface area contributed by atoms with Crippen molar-refractivity contribution in [1.29, 1.82) is 0 Å². The number of hydrogen-bond acceptors (Lipinski definition) is 4. The van der Waals surface area contributed by atoms with E-state index in [-0.39, 0.29) is 5.91 Å². The number of nitrogen functional groups attached to an aromatic ring is 1. The number of carbonyl (C=O) groups excluding carboxylic acids is 1. The second-order valence-electron chi connectivity index (χ2n) is 5.63. The van der Waals surface area contributed by atoms with Crippen LogP contribution in [0, 0.1) is 5.41 Å². The molecule has 2 heterocycles. The van der Waals surface area contributed by atoms with Crippen molar-refractivity contribution in [2.45, 2.75) is 32.6 Å². The van der Waals surface area contributed by atoms with Gasteiger partial charge >= 0.3 is 0 Å². The van der Waals surface area contributed by atoms with Gasteiger partial charge in [-0.2, -0.15) is 0 Å². The van der Waals surface area contributed by atoms with Gasteiger partial charge in [-0.15, -0.1) is 11.3 Å². The van der Waals surface area contributed by atoms with Crippen LogP contribution in [0.25, 0.3) is 10.2 Å². The Morgan fingerprint density at radius 1 is 1.55 bits per heavy atom. The molecule has 3 N–H and O–H groups in total. The maximum atomic E-state index is 12.3. The molecular weight excluding hydrogens is 270 g/mol. The van der Waals surface area contributed by atoms with Gasteiger partial charge in [0.1, 0.15) is 10.4 Å². The van der Waals surface area contributed by atoms with E-state index in [1.807, 2.05) is 12.1 Å². The Labute approximate surface area is 122 Å². The Morgan fingerprint density at radius 3 is 3.00 bits per heavy atom. The molecule has 1 aliphatic carbocycles. The van der Waals surface area contributed by atoms with E-state index in [2.05, 4.69) is 17.2 Å². The van der Waals surface area contributed by atoms with Crippen LogP contribution in [0.2, 0.25) is 0 Å². The van der Waals surface area contributed by atoms with E-state index in [4.69, 9.17) is 5.73 Å². The zero-order valence-corrected chi connectivity index (χ0v) is 12.4. The summed E-state index contributed by atoms with van der Waals surface area (Å²) in [5, 5.41) is 3.05. The first kappa shape index (κ1) is 13.4. The molecule has 1 amide bonds. The lowest BCUT2D eigenvalue weighted by Gasteiger charge is -2.14. The Morgan fingerprint density at radius 2 is 2.35 bits per heavy atom. The van der Waals surface area contributed by atoms with Crippen molar-refractivity contribution in [3.05, 3.63) is 23.2 Å². The van der Waals surface area contributed by atoms with Crippen molar-refractivity contribution in [3.63, 3.8) is 0 Å². The zero-order chi connectivity index (χ0) is 14.2. The Kier molecular flexibility index (Phi) is 3.38. The highest BCUT2D eigenvalue weighted by molar-refractivity contribution is 7.21. The Balaban J connectivity index is 1.74. The lowest BCUT2D eigenvalue weighted by Crippen LogP contribution is -2.30. The van der Waals surface area contributed by atoms with Crippen LogP contribution in [-0.2, 0) is 0 Å². The number of pyridine rings is 1. The highest BCUT2D eigenvalue weighted by atomic mass is 32.1. The summed E-state index contributed by atoms with van der Waals surface area (Å²) in [5.74, 6) is -0.0621. The molecule has 20 heavy (non-hydrogen) atoms. The summed E-state index contributed by atoms with van der Waals surface area (Å²) < 4.78 is 0.963. The molecule has 2 aromatic heterocycles. The SMILES string of the molecule is CCCC1(CNC(=O)c2sc3cccnc3c2N)CC1. The number of carbonyl (C=O) groups is 1. The molecule has 0 aliphatic heterocycles. The van der Waals surface area contributed by atoms with Gasteiger partial charge in [-0.05, 0) is 36.8 Å².